The topological polar surface area (TPSA) is 71.4 Å². The minimum atomic E-state index is -0.724. The number of imide groups is 2. The number of anilines is 1. The Morgan fingerprint density at radius 2 is 1.85 bits per heavy atom. The number of para-hydroxylation sites is 1. The Balaban J connectivity index is 2.01. The van der Waals surface area contributed by atoms with Gasteiger partial charge in [0.15, 0.2) is 0 Å². The molecule has 0 saturated carbocycles. The van der Waals surface area contributed by atoms with Gasteiger partial charge in [-0.1, -0.05) is 25.1 Å². The zero-order chi connectivity index (χ0) is 18.8. The highest BCUT2D eigenvalue weighted by Gasteiger charge is 2.37. The molecule has 2 aromatic rings. The van der Waals surface area contributed by atoms with Gasteiger partial charge in [0.25, 0.3) is 11.8 Å². The Kier molecular flexibility index (Phi) is 4.75. The zero-order valence-electron chi connectivity index (χ0n) is 15.0. The van der Waals surface area contributed by atoms with Crippen LogP contribution in [-0.4, -0.2) is 22.4 Å². The van der Waals surface area contributed by atoms with Crippen LogP contribution in [-0.2, 0) is 16.0 Å². The van der Waals surface area contributed by atoms with Crippen molar-refractivity contribution in [1.82, 2.24) is 9.88 Å². The van der Waals surface area contributed by atoms with Crippen LogP contribution < -0.4 is 10.2 Å². The smallest absolute Gasteiger partial charge is 0.335 e. The monoisotopic (exact) mass is 351 g/mol. The fraction of sp³-hybridized carbons (Fsp3) is 0.250. The van der Waals surface area contributed by atoms with Crippen molar-refractivity contribution in [3.8, 4) is 0 Å². The number of nitrogens with zero attached hydrogens (tertiary/aromatic N) is 2. The van der Waals surface area contributed by atoms with Gasteiger partial charge >= 0.3 is 6.03 Å². The first-order valence-corrected chi connectivity index (χ1v) is 8.59. The molecule has 1 saturated heterocycles. The third kappa shape index (κ3) is 3.18. The van der Waals surface area contributed by atoms with Gasteiger partial charge < -0.3 is 4.57 Å². The van der Waals surface area contributed by atoms with Gasteiger partial charge in [-0.3, -0.25) is 14.9 Å². The predicted molar refractivity (Wildman–Crippen MR) is 99.6 cm³/mol. The van der Waals surface area contributed by atoms with Crippen molar-refractivity contribution in [2.75, 3.05) is 4.90 Å². The number of benzene rings is 1. The van der Waals surface area contributed by atoms with Crippen LogP contribution in [0.2, 0.25) is 0 Å². The van der Waals surface area contributed by atoms with Gasteiger partial charge in [-0.2, -0.15) is 0 Å². The number of aryl methyl sites for hydroxylation is 1. The maximum Gasteiger partial charge on any atom is 0.335 e. The normalized spacial score (nSPS) is 16.5. The summed E-state index contributed by atoms with van der Waals surface area (Å²) in [7, 11) is 0. The third-order valence-electron chi connectivity index (χ3n) is 4.36. The lowest BCUT2D eigenvalue weighted by atomic mass is 10.1. The molecule has 26 heavy (non-hydrogen) atoms. The van der Waals surface area contributed by atoms with Crippen molar-refractivity contribution >= 4 is 29.6 Å². The molecule has 0 bridgehead atoms. The number of carbonyl (C=O) groups is 3. The highest BCUT2D eigenvalue weighted by atomic mass is 16.2. The molecule has 0 aliphatic carbocycles. The number of urea groups is 1. The molecule has 4 amide bonds. The summed E-state index contributed by atoms with van der Waals surface area (Å²) in [5.41, 5.74) is 2.03. The van der Waals surface area contributed by atoms with E-state index in [2.05, 4.69) is 5.32 Å². The third-order valence-corrected chi connectivity index (χ3v) is 4.36. The van der Waals surface area contributed by atoms with Crippen molar-refractivity contribution in [3.63, 3.8) is 0 Å². The molecule has 1 aromatic heterocycles. The van der Waals surface area contributed by atoms with Crippen LogP contribution in [0.4, 0.5) is 10.5 Å². The number of carbonyl (C=O) groups excluding carboxylic acids is 3. The number of hydrogen-bond acceptors (Lipinski definition) is 3. The summed E-state index contributed by atoms with van der Waals surface area (Å²) in [4.78, 5) is 38.5. The van der Waals surface area contributed by atoms with E-state index in [1.807, 2.05) is 55.9 Å². The number of barbiturate groups is 1. The van der Waals surface area contributed by atoms with Crippen LogP contribution in [0.25, 0.3) is 6.08 Å². The minimum absolute atomic E-state index is 0.0583. The second kappa shape index (κ2) is 7.00. The molecular weight excluding hydrogens is 330 g/mol. The van der Waals surface area contributed by atoms with Crippen molar-refractivity contribution in [3.05, 3.63) is 59.4 Å². The van der Waals surface area contributed by atoms with E-state index in [0.29, 0.717) is 12.1 Å². The van der Waals surface area contributed by atoms with Crippen LogP contribution in [0.3, 0.4) is 0 Å². The van der Waals surface area contributed by atoms with Crippen LogP contribution >= 0.6 is 0 Å². The standard InChI is InChI=1S/C20H21N3O3/c1-4-15-7-5-6-8-17(15)23-19(25)16(18(24)21-20(23)26)11-14-9-10-22(12-14)13(2)3/h5-13H,4H2,1-3H3,(H,21,24,26)/b16-11-. The minimum Gasteiger partial charge on any atom is -0.351 e. The molecule has 1 aromatic carbocycles. The van der Waals surface area contributed by atoms with Crippen molar-refractivity contribution in [1.29, 1.82) is 0 Å². The molecule has 2 heterocycles. The Morgan fingerprint density at radius 3 is 2.50 bits per heavy atom. The van der Waals surface area contributed by atoms with Gasteiger partial charge in [0.1, 0.15) is 5.57 Å². The van der Waals surface area contributed by atoms with Gasteiger partial charge in [-0.25, -0.2) is 9.69 Å². The lowest BCUT2D eigenvalue weighted by molar-refractivity contribution is -0.122. The molecule has 0 spiro atoms. The largest absolute Gasteiger partial charge is 0.351 e. The van der Waals surface area contributed by atoms with E-state index in [9.17, 15) is 14.4 Å². The number of hydrogen-bond donors (Lipinski definition) is 1. The molecule has 1 aliphatic heterocycles. The summed E-state index contributed by atoms with van der Waals surface area (Å²) in [6.45, 7) is 6.02. The van der Waals surface area contributed by atoms with Gasteiger partial charge in [-0.15, -0.1) is 0 Å². The number of rotatable bonds is 4. The van der Waals surface area contributed by atoms with Crippen LogP contribution in [0, 0.1) is 0 Å². The Labute approximate surface area is 152 Å². The summed E-state index contributed by atoms with van der Waals surface area (Å²) in [5.74, 6) is -1.29. The lowest BCUT2D eigenvalue weighted by Gasteiger charge is -2.27. The molecule has 6 nitrogen and oxygen atoms in total. The zero-order valence-corrected chi connectivity index (χ0v) is 15.0. The quantitative estimate of drug-likeness (QED) is 0.679. The SMILES string of the molecule is CCc1ccccc1N1C(=O)NC(=O)/C(=C/c2ccn(C(C)C)c2)C1=O. The van der Waals surface area contributed by atoms with Crippen molar-refractivity contribution in [2.45, 2.75) is 33.2 Å². The highest BCUT2D eigenvalue weighted by Crippen LogP contribution is 2.26. The molecule has 1 N–H and O–H groups in total. The molecule has 0 atom stereocenters. The first-order chi connectivity index (χ1) is 12.4. The van der Waals surface area contributed by atoms with Crippen molar-refractivity contribution < 1.29 is 14.4 Å². The van der Waals surface area contributed by atoms with Crippen molar-refractivity contribution in [2.24, 2.45) is 0 Å². The summed E-state index contributed by atoms with van der Waals surface area (Å²) < 4.78 is 1.98. The first kappa shape index (κ1) is 17.7. The molecule has 1 aliphatic rings. The average Bonchev–Trinajstić information content (AvgIpc) is 3.08. The fourth-order valence-corrected chi connectivity index (χ4v) is 2.91. The Morgan fingerprint density at radius 1 is 1.12 bits per heavy atom. The van der Waals surface area contributed by atoms with Crippen LogP contribution in [0.15, 0.2) is 48.3 Å². The van der Waals surface area contributed by atoms with E-state index >= 15 is 0 Å². The molecule has 3 rings (SSSR count). The maximum absolute atomic E-state index is 12.9. The number of amides is 4. The summed E-state index contributed by atoms with van der Waals surface area (Å²) in [5, 5.41) is 2.26. The van der Waals surface area contributed by atoms with Crippen LogP contribution in [0.1, 0.15) is 37.9 Å². The van der Waals surface area contributed by atoms with E-state index in [-0.39, 0.29) is 11.6 Å². The van der Waals surface area contributed by atoms with E-state index < -0.39 is 17.8 Å². The maximum atomic E-state index is 12.9. The van der Waals surface area contributed by atoms with Gasteiger partial charge in [-0.05, 0) is 49.6 Å². The summed E-state index contributed by atoms with van der Waals surface area (Å²) >= 11 is 0. The predicted octanol–water partition coefficient (Wildman–Crippen LogP) is 3.30. The summed E-state index contributed by atoms with van der Waals surface area (Å²) in [6.07, 6.45) is 5.93. The first-order valence-electron chi connectivity index (χ1n) is 8.59. The second-order valence-electron chi connectivity index (χ2n) is 6.43. The average molecular weight is 351 g/mol. The highest BCUT2D eigenvalue weighted by molar-refractivity contribution is 6.39. The second-order valence-corrected chi connectivity index (χ2v) is 6.43. The summed E-state index contributed by atoms with van der Waals surface area (Å²) in [6, 6.07) is 8.56. The van der Waals surface area contributed by atoms with Crippen LogP contribution in [0.5, 0.6) is 0 Å². The molecule has 1 fully saturated rings. The van der Waals surface area contributed by atoms with E-state index in [4.69, 9.17) is 0 Å². The molecule has 134 valence electrons. The lowest BCUT2D eigenvalue weighted by Crippen LogP contribution is -2.54. The Bertz CT molecular complexity index is 909. The van der Waals surface area contributed by atoms with E-state index in [0.717, 1.165) is 16.0 Å². The number of nitrogens with one attached hydrogen (secondary N) is 1. The van der Waals surface area contributed by atoms with Gasteiger partial charge in [0, 0.05) is 18.4 Å². The molecular formula is C20H21N3O3. The van der Waals surface area contributed by atoms with Gasteiger partial charge in [0.2, 0.25) is 0 Å². The van der Waals surface area contributed by atoms with Gasteiger partial charge in [0.05, 0.1) is 5.69 Å². The molecule has 0 unspecified atom stereocenters. The van der Waals surface area contributed by atoms with E-state index in [1.165, 1.54) is 6.08 Å². The molecule has 6 heteroatoms. The fourth-order valence-electron chi connectivity index (χ4n) is 2.91. The van der Waals surface area contributed by atoms with E-state index in [1.54, 1.807) is 12.1 Å². The number of aromatic nitrogens is 1. The molecule has 0 radical (unpaired) electrons. The Hall–Kier alpha value is -3.15.